The van der Waals surface area contributed by atoms with Crippen molar-refractivity contribution in [3.63, 3.8) is 0 Å². The Balaban J connectivity index is 1.89. The molecule has 94 valence electrons. The summed E-state index contributed by atoms with van der Waals surface area (Å²) in [5.74, 6) is 1.14. The van der Waals surface area contributed by atoms with Gasteiger partial charge in [-0.2, -0.15) is 0 Å². The molecule has 2 atom stereocenters. The van der Waals surface area contributed by atoms with Gasteiger partial charge in [0.1, 0.15) is 0 Å². The van der Waals surface area contributed by atoms with Crippen molar-refractivity contribution in [2.75, 3.05) is 12.5 Å². The van der Waals surface area contributed by atoms with Gasteiger partial charge < -0.3 is 4.74 Å². The van der Waals surface area contributed by atoms with Gasteiger partial charge in [-0.1, -0.05) is 28.1 Å². The molecule has 1 fully saturated rings. The molecule has 1 aromatic carbocycles. The maximum atomic E-state index is 6.07. The molecule has 0 aromatic heterocycles. The molecule has 1 heterocycles. The second-order valence-electron chi connectivity index (χ2n) is 4.62. The zero-order chi connectivity index (χ0) is 12.1. The fraction of sp³-hybridized carbons (Fsp3) is 0.571. The van der Waals surface area contributed by atoms with Crippen LogP contribution in [-0.2, 0) is 4.74 Å². The number of ether oxygens (including phenoxy) is 1. The maximum absolute atomic E-state index is 6.07. The van der Waals surface area contributed by atoms with Crippen LogP contribution in [0.4, 0.5) is 0 Å². The highest BCUT2D eigenvalue weighted by Crippen LogP contribution is 2.27. The van der Waals surface area contributed by atoms with Crippen LogP contribution in [0.1, 0.15) is 37.2 Å². The van der Waals surface area contributed by atoms with Crippen LogP contribution in [0.25, 0.3) is 0 Å². The van der Waals surface area contributed by atoms with Crippen molar-refractivity contribution in [3.05, 3.63) is 34.3 Å². The third-order valence-electron chi connectivity index (χ3n) is 3.39. The van der Waals surface area contributed by atoms with E-state index in [1.807, 2.05) is 0 Å². The lowest BCUT2D eigenvalue weighted by Gasteiger charge is -2.17. The molecule has 0 spiro atoms. The van der Waals surface area contributed by atoms with E-state index in [0.717, 1.165) is 23.9 Å². The van der Waals surface area contributed by atoms with Gasteiger partial charge in [-0.3, -0.25) is 0 Å². The SMILES string of the molecule is ClCC(CCC1CCCO1)c1ccc(Br)cc1. The highest BCUT2D eigenvalue weighted by molar-refractivity contribution is 9.10. The Hall–Kier alpha value is -0.0500. The van der Waals surface area contributed by atoms with Gasteiger partial charge in [0.2, 0.25) is 0 Å². The molecule has 1 saturated heterocycles. The standard InChI is InChI=1S/C14H18BrClO/c15-13-6-3-11(4-7-13)12(10-16)5-8-14-2-1-9-17-14/h3-4,6-7,12,14H,1-2,5,8-10H2. The topological polar surface area (TPSA) is 9.23 Å². The van der Waals surface area contributed by atoms with Gasteiger partial charge in [0, 0.05) is 17.0 Å². The summed E-state index contributed by atoms with van der Waals surface area (Å²) < 4.78 is 6.77. The zero-order valence-corrected chi connectivity index (χ0v) is 12.2. The molecule has 1 nitrogen and oxygen atoms in total. The van der Waals surface area contributed by atoms with E-state index in [2.05, 4.69) is 40.2 Å². The summed E-state index contributed by atoms with van der Waals surface area (Å²) in [5, 5.41) is 0. The van der Waals surface area contributed by atoms with Crippen molar-refractivity contribution in [1.82, 2.24) is 0 Å². The first-order valence-electron chi connectivity index (χ1n) is 6.22. The highest BCUT2D eigenvalue weighted by atomic mass is 79.9. The first-order chi connectivity index (χ1) is 8.29. The molecule has 2 rings (SSSR count). The van der Waals surface area contributed by atoms with Crippen LogP contribution in [0, 0.1) is 0 Å². The van der Waals surface area contributed by atoms with Crippen LogP contribution >= 0.6 is 27.5 Å². The van der Waals surface area contributed by atoms with Crippen LogP contribution in [0.3, 0.4) is 0 Å². The molecular formula is C14H18BrClO. The maximum Gasteiger partial charge on any atom is 0.0576 e. The van der Waals surface area contributed by atoms with E-state index >= 15 is 0 Å². The van der Waals surface area contributed by atoms with E-state index in [4.69, 9.17) is 16.3 Å². The largest absolute Gasteiger partial charge is 0.378 e. The summed E-state index contributed by atoms with van der Waals surface area (Å²) in [6.07, 6.45) is 5.16. The van der Waals surface area contributed by atoms with E-state index in [1.165, 1.54) is 18.4 Å². The summed E-state index contributed by atoms with van der Waals surface area (Å²) in [4.78, 5) is 0. The lowest BCUT2D eigenvalue weighted by Crippen LogP contribution is -2.09. The second kappa shape index (κ2) is 6.77. The Morgan fingerprint density at radius 3 is 2.71 bits per heavy atom. The Bertz CT molecular complexity index is 333. The van der Waals surface area contributed by atoms with E-state index in [0.29, 0.717) is 17.9 Å². The van der Waals surface area contributed by atoms with Gasteiger partial charge >= 0.3 is 0 Å². The highest BCUT2D eigenvalue weighted by Gasteiger charge is 2.18. The van der Waals surface area contributed by atoms with Crippen molar-refractivity contribution in [2.24, 2.45) is 0 Å². The molecule has 0 amide bonds. The first kappa shape index (κ1) is 13.4. The van der Waals surface area contributed by atoms with Crippen molar-refractivity contribution in [1.29, 1.82) is 0 Å². The molecule has 1 aliphatic heterocycles. The van der Waals surface area contributed by atoms with E-state index in [9.17, 15) is 0 Å². The van der Waals surface area contributed by atoms with Crippen LogP contribution < -0.4 is 0 Å². The summed E-state index contributed by atoms with van der Waals surface area (Å²) >= 11 is 9.53. The number of hydrogen-bond donors (Lipinski definition) is 0. The van der Waals surface area contributed by atoms with Crippen molar-refractivity contribution in [2.45, 2.75) is 37.7 Å². The normalized spacial score (nSPS) is 21.6. The molecule has 3 heteroatoms. The Labute approximate surface area is 117 Å². The number of hydrogen-bond acceptors (Lipinski definition) is 1. The average molecular weight is 318 g/mol. The van der Waals surface area contributed by atoms with Gasteiger partial charge in [-0.25, -0.2) is 0 Å². The van der Waals surface area contributed by atoms with Gasteiger partial charge in [0.15, 0.2) is 0 Å². The number of alkyl halides is 1. The molecule has 17 heavy (non-hydrogen) atoms. The molecule has 0 N–H and O–H groups in total. The lowest BCUT2D eigenvalue weighted by molar-refractivity contribution is 0.101. The summed E-state index contributed by atoms with van der Waals surface area (Å²) in [5.41, 5.74) is 1.33. The molecule has 0 saturated carbocycles. The van der Waals surface area contributed by atoms with Crippen molar-refractivity contribution >= 4 is 27.5 Å². The third kappa shape index (κ3) is 3.97. The molecular weight excluding hydrogens is 300 g/mol. The van der Waals surface area contributed by atoms with E-state index < -0.39 is 0 Å². The fourth-order valence-electron chi connectivity index (χ4n) is 2.33. The quantitative estimate of drug-likeness (QED) is 0.713. The lowest BCUT2D eigenvalue weighted by atomic mass is 9.94. The first-order valence-corrected chi connectivity index (χ1v) is 7.55. The Morgan fingerprint density at radius 1 is 1.35 bits per heavy atom. The third-order valence-corrected chi connectivity index (χ3v) is 4.29. The second-order valence-corrected chi connectivity index (χ2v) is 5.84. The number of halogens is 2. The Kier molecular flexibility index (Phi) is 5.33. The van der Waals surface area contributed by atoms with Gasteiger partial charge in [0.05, 0.1) is 6.10 Å². The monoisotopic (exact) mass is 316 g/mol. The smallest absolute Gasteiger partial charge is 0.0576 e. The van der Waals surface area contributed by atoms with Crippen molar-refractivity contribution in [3.8, 4) is 0 Å². The van der Waals surface area contributed by atoms with Crippen LogP contribution in [0.15, 0.2) is 28.7 Å². The van der Waals surface area contributed by atoms with Gasteiger partial charge in [-0.05, 0) is 49.3 Å². The molecule has 1 aromatic rings. The molecule has 1 aliphatic rings. The molecule has 0 bridgehead atoms. The van der Waals surface area contributed by atoms with Crippen LogP contribution in [-0.4, -0.2) is 18.6 Å². The average Bonchev–Trinajstić information content (AvgIpc) is 2.85. The molecule has 2 unspecified atom stereocenters. The van der Waals surface area contributed by atoms with Gasteiger partial charge in [-0.15, -0.1) is 11.6 Å². The molecule has 0 aliphatic carbocycles. The minimum absolute atomic E-state index is 0.453. The van der Waals surface area contributed by atoms with E-state index in [1.54, 1.807) is 0 Å². The fourth-order valence-corrected chi connectivity index (χ4v) is 2.92. The van der Waals surface area contributed by atoms with Crippen molar-refractivity contribution < 1.29 is 4.74 Å². The number of rotatable bonds is 5. The molecule has 0 radical (unpaired) electrons. The van der Waals surface area contributed by atoms with E-state index in [-0.39, 0.29) is 0 Å². The van der Waals surface area contributed by atoms with Crippen LogP contribution in [0.5, 0.6) is 0 Å². The van der Waals surface area contributed by atoms with Gasteiger partial charge in [0.25, 0.3) is 0 Å². The minimum atomic E-state index is 0.453. The predicted molar refractivity (Wildman–Crippen MR) is 75.8 cm³/mol. The minimum Gasteiger partial charge on any atom is -0.378 e. The Morgan fingerprint density at radius 2 is 2.12 bits per heavy atom. The number of benzene rings is 1. The predicted octanol–water partition coefficient (Wildman–Crippen LogP) is 4.73. The van der Waals surface area contributed by atoms with Crippen LogP contribution in [0.2, 0.25) is 0 Å². The summed E-state index contributed by atoms with van der Waals surface area (Å²) in [7, 11) is 0. The summed E-state index contributed by atoms with van der Waals surface area (Å²) in [6.45, 7) is 0.939. The zero-order valence-electron chi connectivity index (χ0n) is 9.87. The summed E-state index contributed by atoms with van der Waals surface area (Å²) in [6, 6.07) is 8.49.